The molecule has 20 heavy (non-hydrogen) atoms. The van der Waals surface area contributed by atoms with Gasteiger partial charge in [-0.3, -0.25) is 9.36 Å². The van der Waals surface area contributed by atoms with E-state index in [1.54, 1.807) is 18.4 Å². The average molecular weight is 283 g/mol. The van der Waals surface area contributed by atoms with E-state index in [2.05, 4.69) is 0 Å². The first-order valence-electron chi connectivity index (χ1n) is 6.45. The van der Waals surface area contributed by atoms with Gasteiger partial charge in [0.1, 0.15) is 6.10 Å². The molecule has 2 bridgehead atoms. The molecule has 0 amide bonds. The first-order chi connectivity index (χ1) is 9.38. The number of halogens is 1. The highest BCUT2D eigenvalue weighted by Crippen LogP contribution is 2.50. The largest absolute Gasteiger partial charge is 0.472 e. The molecule has 0 aliphatic carbocycles. The molecule has 4 rings (SSSR count). The highest BCUT2D eigenvalue weighted by molar-refractivity contribution is 5.18. The standard InChI is InChI=1S/C13H14FNO5/c1-12(2)18-9-10(19-12)13(14)6-17-8-5-7(16)3-4-15(8)11(9)20-13/h3-5,9-11H,6H2,1-2H3/t9-,10?,11+,13+/m0/s1. The van der Waals surface area contributed by atoms with Crippen LogP contribution >= 0.6 is 0 Å². The molecule has 3 aliphatic heterocycles. The maximum absolute atomic E-state index is 14.9. The summed E-state index contributed by atoms with van der Waals surface area (Å²) in [5.74, 6) is -2.69. The van der Waals surface area contributed by atoms with Gasteiger partial charge in [-0.05, 0) is 13.8 Å². The number of hydrogen-bond acceptors (Lipinski definition) is 5. The van der Waals surface area contributed by atoms with Crippen LogP contribution in [0.4, 0.5) is 4.39 Å². The Bertz CT molecular complexity index is 629. The number of ether oxygens (including phenoxy) is 4. The fourth-order valence-electron chi connectivity index (χ4n) is 2.97. The van der Waals surface area contributed by atoms with Gasteiger partial charge in [0.15, 0.2) is 36.0 Å². The third kappa shape index (κ3) is 1.57. The Labute approximate surface area is 114 Å². The topological polar surface area (TPSA) is 58.9 Å². The summed E-state index contributed by atoms with van der Waals surface area (Å²) in [5, 5.41) is 0. The zero-order valence-electron chi connectivity index (χ0n) is 11.0. The molecule has 2 fully saturated rings. The summed E-state index contributed by atoms with van der Waals surface area (Å²) in [7, 11) is 0. The minimum Gasteiger partial charge on any atom is -0.472 e. The van der Waals surface area contributed by atoms with E-state index < -0.39 is 30.1 Å². The average Bonchev–Trinajstić information content (AvgIpc) is 2.75. The van der Waals surface area contributed by atoms with Crippen LogP contribution in [0.2, 0.25) is 0 Å². The molecule has 2 saturated heterocycles. The van der Waals surface area contributed by atoms with E-state index in [0.717, 1.165) is 0 Å². The third-order valence-electron chi connectivity index (χ3n) is 3.76. The number of aromatic nitrogens is 1. The van der Waals surface area contributed by atoms with Gasteiger partial charge in [-0.1, -0.05) is 0 Å². The zero-order valence-corrected chi connectivity index (χ0v) is 11.0. The van der Waals surface area contributed by atoms with E-state index in [4.69, 9.17) is 18.9 Å². The predicted molar refractivity (Wildman–Crippen MR) is 64.0 cm³/mol. The fraction of sp³-hybridized carbons (Fsp3) is 0.615. The van der Waals surface area contributed by atoms with E-state index in [1.165, 1.54) is 18.3 Å². The molecular formula is C13H14FNO5. The van der Waals surface area contributed by atoms with E-state index in [0.29, 0.717) is 0 Å². The zero-order chi connectivity index (χ0) is 14.1. The molecule has 4 heterocycles. The monoisotopic (exact) mass is 283 g/mol. The molecule has 0 spiro atoms. The number of nitrogens with zero attached hydrogens (tertiary/aromatic N) is 1. The Morgan fingerprint density at radius 2 is 2.15 bits per heavy atom. The van der Waals surface area contributed by atoms with Gasteiger partial charge in [0.05, 0.1) is 0 Å². The molecular weight excluding hydrogens is 269 g/mol. The summed E-state index contributed by atoms with van der Waals surface area (Å²) in [6.07, 6.45) is -0.634. The Hall–Kier alpha value is -1.44. The molecule has 0 aromatic carbocycles. The lowest BCUT2D eigenvalue weighted by Gasteiger charge is -2.25. The van der Waals surface area contributed by atoms with Crippen LogP contribution in [0.3, 0.4) is 0 Å². The number of alkyl halides is 1. The fourth-order valence-corrected chi connectivity index (χ4v) is 2.97. The highest BCUT2D eigenvalue weighted by Gasteiger charge is 2.66. The molecule has 0 saturated carbocycles. The summed E-state index contributed by atoms with van der Waals surface area (Å²) in [5.41, 5.74) is -0.206. The van der Waals surface area contributed by atoms with Gasteiger partial charge in [0.25, 0.3) is 5.85 Å². The number of hydrogen-bond donors (Lipinski definition) is 0. The van der Waals surface area contributed by atoms with E-state index in [9.17, 15) is 9.18 Å². The lowest BCUT2D eigenvalue weighted by atomic mass is 10.1. The van der Waals surface area contributed by atoms with Crippen LogP contribution in [0, 0.1) is 0 Å². The van der Waals surface area contributed by atoms with Crippen molar-refractivity contribution in [3.63, 3.8) is 0 Å². The summed E-state index contributed by atoms with van der Waals surface area (Å²) in [4.78, 5) is 11.4. The second kappa shape index (κ2) is 3.60. The highest BCUT2D eigenvalue weighted by atomic mass is 19.2. The minimum atomic E-state index is -2.09. The molecule has 108 valence electrons. The second-order valence-corrected chi connectivity index (χ2v) is 5.71. The van der Waals surface area contributed by atoms with Crippen LogP contribution < -0.4 is 10.2 Å². The van der Waals surface area contributed by atoms with Gasteiger partial charge in [0, 0.05) is 18.3 Å². The third-order valence-corrected chi connectivity index (χ3v) is 3.76. The molecule has 1 aromatic heterocycles. The summed E-state index contributed by atoms with van der Waals surface area (Å²) < 4.78 is 38.7. The first kappa shape index (κ1) is 12.3. The van der Waals surface area contributed by atoms with Crippen LogP contribution in [0.1, 0.15) is 20.1 Å². The van der Waals surface area contributed by atoms with Crippen molar-refractivity contribution < 1.29 is 23.3 Å². The summed E-state index contributed by atoms with van der Waals surface area (Å²) >= 11 is 0. The first-order valence-corrected chi connectivity index (χ1v) is 6.45. The Kier molecular flexibility index (Phi) is 2.22. The Balaban J connectivity index is 1.83. The predicted octanol–water partition coefficient (Wildman–Crippen LogP) is 0.955. The quantitative estimate of drug-likeness (QED) is 0.709. The van der Waals surface area contributed by atoms with Crippen LogP contribution in [-0.2, 0) is 14.2 Å². The Morgan fingerprint density at radius 1 is 1.35 bits per heavy atom. The lowest BCUT2D eigenvalue weighted by molar-refractivity contribution is -0.256. The maximum atomic E-state index is 14.9. The van der Waals surface area contributed by atoms with Crippen molar-refractivity contribution in [3.05, 3.63) is 28.6 Å². The molecule has 0 N–H and O–H groups in total. The van der Waals surface area contributed by atoms with Gasteiger partial charge in [0.2, 0.25) is 0 Å². The van der Waals surface area contributed by atoms with Crippen LogP contribution in [-0.4, -0.2) is 35.0 Å². The SMILES string of the molecule is CC1(C)OC2[C@H](O1)[C@H]1O[C@]2(F)COc2cc(=O)ccn21. The normalized spacial score (nSPS) is 40.6. The van der Waals surface area contributed by atoms with Gasteiger partial charge in [-0.25, -0.2) is 4.39 Å². The smallest absolute Gasteiger partial charge is 0.274 e. The van der Waals surface area contributed by atoms with Crippen molar-refractivity contribution in [1.82, 2.24) is 4.57 Å². The second-order valence-electron chi connectivity index (χ2n) is 5.71. The van der Waals surface area contributed by atoms with Crippen LogP contribution in [0.5, 0.6) is 5.88 Å². The molecule has 0 radical (unpaired) electrons. The molecule has 1 aromatic rings. The van der Waals surface area contributed by atoms with E-state index >= 15 is 0 Å². The van der Waals surface area contributed by atoms with Gasteiger partial charge in [-0.2, -0.15) is 0 Å². The molecule has 6 nitrogen and oxygen atoms in total. The van der Waals surface area contributed by atoms with Crippen molar-refractivity contribution in [2.45, 2.75) is 43.9 Å². The summed E-state index contributed by atoms with van der Waals surface area (Å²) in [6, 6.07) is 2.68. The van der Waals surface area contributed by atoms with E-state index in [-0.39, 0.29) is 17.9 Å². The molecule has 4 atom stereocenters. The lowest BCUT2D eigenvalue weighted by Crippen LogP contribution is -2.44. The van der Waals surface area contributed by atoms with Gasteiger partial charge >= 0.3 is 0 Å². The van der Waals surface area contributed by atoms with Crippen LogP contribution in [0.15, 0.2) is 23.1 Å². The summed E-state index contributed by atoms with van der Waals surface area (Å²) in [6.45, 7) is 3.12. The van der Waals surface area contributed by atoms with Crippen LogP contribution in [0.25, 0.3) is 0 Å². The molecule has 7 heteroatoms. The van der Waals surface area contributed by atoms with Crippen molar-refractivity contribution in [3.8, 4) is 5.88 Å². The number of rotatable bonds is 0. The van der Waals surface area contributed by atoms with Gasteiger partial charge < -0.3 is 18.9 Å². The van der Waals surface area contributed by atoms with Crippen molar-refractivity contribution in [2.75, 3.05) is 6.61 Å². The van der Waals surface area contributed by atoms with E-state index in [1.807, 2.05) is 0 Å². The number of pyridine rings is 1. The molecule has 1 unspecified atom stereocenters. The van der Waals surface area contributed by atoms with Crippen molar-refractivity contribution in [2.24, 2.45) is 0 Å². The van der Waals surface area contributed by atoms with Crippen molar-refractivity contribution in [1.29, 1.82) is 0 Å². The molecule has 3 aliphatic rings. The van der Waals surface area contributed by atoms with Gasteiger partial charge in [-0.15, -0.1) is 0 Å². The maximum Gasteiger partial charge on any atom is 0.274 e. The Morgan fingerprint density at radius 3 is 2.95 bits per heavy atom. The van der Waals surface area contributed by atoms with Crippen molar-refractivity contribution >= 4 is 0 Å². The minimum absolute atomic E-state index is 0.206. The number of fused-ring (bicyclic) bond motifs is 7.